The van der Waals surface area contributed by atoms with E-state index in [1.54, 1.807) is 17.7 Å². The van der Waals surface area contributed by atoms with Gasteiger partial charge in [0.05, 0.1) is 24.6 Å². The number of thiazole rings is 1. The Labute approximate surface area is 356 Å². The lowest BCUT2D eigenvalue weighted by Gasteiger charge is -2.22. The second-order valence-corrected chi connectivity index (χ2v) is 15.8. The van der Waals surface area contributed by atoms with Gasteiger partial charge in [0.25, 0.3) is 0 Å². The molecule has 0 radical (unpaired) electrons. The Kier molecular flexibility index (Phi) is 12.3. The summed E-state index contributed by atoms with van der Waals surface area (Å²) >= 11 is 1.55. The molecule has 1 aliphatic heterocycles. The molecular formula is C42H46ClN13O3S. The van der Waals surface area contributed by atoms with Crippen molar-refractivity contribution in [3.8, 4) is 10.6 Å². The van der Waals surface area contributed by atoms with Gasteiger partial charge in [-0.05, 0) is 29.2 Å². The van der Waals surface area contributed by atoms with E-state index in [4.69, 9.17) is 19.9 Å². The first-order chi connectivity index (χ1) is 28.9. The monoisotopic (exact) mass is 847 g/mol. The predicted molar refractivity (Wildman–Crippen MR) is 231 cm³/mol. The van der Waals surface area contributed by atoms with E-state index in [-0.39, 0.29) is 30.4 Å². The van der Waals surface area contributed by atoms with Crippen molar-refractivity contribution in [3.63, 3.8) is 0 Å². The van der Waals surface area contributed by atoms with Crippen molar-refractivity contribution >= 4 is 52.7 Å². The van der Waals surface area contributed by atoms with Crippen LogP contribution in [0.25, 0.3) is 21.7 Å². The number of amides is 2. The fourth-order valence-corrected chi connectivity index (χ4v) is 8.83. The zero-order valence-corrected chi connectivity index (χ0v) is 34.5. The number of aromatic nitrogens is 9. The highest BCUT2D eigenvalue weighted by Crippen LogP contribution is 2.40. The van der Waals surface area contributed by atoms with Crippen LogP contribution in [0.15, 0.2) is 103 Å². The van der Waals surface area contributed by atoms with Crippen molar-refractivity contribution in [1.82, 2.24) is 55.3 Å². The Morgan fingerprint density at radius 2 is 1.62 bits per heavy atom. The maximum absolute atomic E-state index is 13.1. The third kappa shape index (κ3) is 8.52. The summed E-state index contributed by atoms with van der Waals surface area (Å²) in [7, 11) is 0. The molecular weight excluding hydrogens is 802 g/mol. The minimum absolute atomic E-state index is 0. The third-order valence-corrected chi connectivity index (χ3v) is 12.1. The number of benzene rings is 3. The topological polar surface area (TPSA) is 197 Å². The molecule has 2 amide bonds. The minimum atomic E-state index is -1.14. The van der Waals surface area contributed by atoms with Crippen LogP contribution in [0.1, 0.15) is 60.4 Å². The lowest BCUT2D eigenvalue weighted by molar-refractivity contribution is 0.00473. The largest absolute Gasteiger partial charge is 0.388 e. The molecule has 4 aromatic heterocycles. The standard InChI is InChI=1S/C42H45N13O3S.ClH/c1-2-34-50-52-55(51-34)33-20-32(36(56)37(33)57)54-25-45-35-38(43-22-31(26-12-6-3-7-13-26)27-14-8-4-9-15-27)48-41(49-39(35)54)53-19-18-29(23-53)47-42(58)44-21-30-24-59-40(46-30)28-16-10-5-11-17-28;/h3-17,24-25,29,31-33,36-37,56-57H,2,18-23H2,1H3,(H,43,48,49)(H2,44,47,58);1H/t29-,32-,33+,36+,37-;/m1./s1. The number of aliphatic hydroxyl groups excluding tert-OH is 2. The van der Waals surface area contributed by atoms with Gasteiger partial charge in [-0.15, -0.1) is 33.9 Å². The zero-order valence-electron chi connectivity index (χ0n) is 32.8. The van der Waals surface area contributed by atoms with E-state index in [0.717, 1.165) is 27.4 Å². The predicted octanol–water partition coefficient (Wildman–Crippen LogP) is 5.15. The number of fused-ring (bicyclic) bond motifs is 1. The Balaban J connectivity index is 0.00000499. The van der Waals surface area contributed by atoms with Gasteiger partial charge >= 0.3 is 6.03 Å². The number of tetrazole rings is 1. The van der Waals surface area contributed by atoms with Crippen LogP contribution in [0, 0.1) is 0 Å². The maximum atomic E-state index is 13.1. The van der Waals surface area contributed by atoms with Crippen LogP contribution < -0.4 is 20.9 Å². The van der Waals surface area contributed by atoms with Gasteiger partial charge in [0.1, 0.15) is 23.3 Å². The quantitative estimate of drug-likeness (QED) is 0.103. The molecule has 310 valence electrons. The van der Waals surface area contributed by atoms with Gasteiger partial charge in [-0.1, -0.05) is 97.9 Å². The highest BCUT2D eigenvalue weighted by molar-refractivity contribution is 7.13. The van der Waals surface area contributed by atoms with Crippen LogP contribution in [-0.4, -0.2) is 98.8 Å². The third-order valence-electron chi connectivity index (χ3n) is 11.2. The molecule has 7 aromatic rings. The fraction of sp³-hybridized carbons (Fsp3) is 0.333. The summed E-state index contributed by atoms with van der Waals surface area (Å²) in [6.45, 7) is 3.87. The summed E-state index contributed by atoms with van der Waals surface area (Å²) < 4.78 is 1.82. The molecule has 5 heterocycles. The van der Waals surface area contributed by atoms with Gasteiger partial charge in [0, 0.05) is 49.0 Å². The van der Waals surface area contributed by atoms with Crippen LogP contribution in [0.3, 0.4) is 0 Å². The van der Waals surface area contributed by atoms with E-state index in [9.17, 15) is 15.0 Å². The molecule has 1 saturated heterocycles. The van der Waals surface area contributed by atoms with Crippen molar-refractivity contribution in [2.45, 2.75) is 69.0 Å². The number of hydrogen-bond donors (Lipinski definition) is 5. The SMILES string of the molecule is CCc1nnn([C@H]2C[C@@H](n3cnc4c(NCC(c5ccccc5)c5ccccc5)nc(N5CC[C@@H](NC(=O)NCc6csc(-c7ccccc7)n6)C5)nc43)[C@H](O)[C@@H]2O)n1.Cl. The van der Waals surface area contributed by atoms with Crippen molar-refractivity contribution in [2.24, 2.45) is 0 Å². The van der Waals surface area contributed by atoms with Gasteiger partial charge in [0.2, 0.25) is 5.95 Å². The number of halogens is 1. The summed E-state index contributed by atoms with van der Waals surface area (Å²) in [6, 6.07) is 29.1. The molecule has 60 heavy (non-hydrogen) atoms. The second kappa shape index (κ2) is 18.1. The summed E-state index contributed by atoms with van der Waals surface area (Å²) in [5.74, 6) is 1.58. The number of aliphatic hydroxyl groups is 2. The van der Waals surface area contributed by atoms with E-state index in [1.165, 1.54) is 4.80 Å². The van der Waals surface area contributed by atoms with Gasteiger partial charge in [-0.3, -0.25) is 0 Å². The molecule has 2 fully saturated rings. The molecule has 1 saturated carbocycles. The molecule has 0 spiro atoms. The molecule has 3 aromatic carbocycles. The van der Waals surface area contributed by atoms with Crippen LogP contribution in [0.4, 0.5) is 16.6 Å². The molecule has 5 atom stereocenters. The summed E-state index contributed by atoms with van der Waals surface area (Å²) in [5.41, 5.74) is 5.20. The smallest absolute Gasteiger partial charge is 0.315 e. The number of carbonyl (C=O) groups is 1. The van der Waals surface area contributed by atoms with E-state index in [0.29, 0.717) is 74.2 Å². The van der Waals surface area contributed by atoms with E-state index >= 15 is 0 Å². The molecule has 18 heteroatoms. The zero-order chi connectivity index (χ0) is 40.3. The van der Waals surface area contributed by atoms with E-state index < -0.39 is 24.3 Å². The molecule has 0 bridgehead atoms. The normalized spacial score (nSPS) is 20.1. The number of urea groups is 1. The van der Waals surface area contributed by atoms with E-state index in [1.807, 2.05) is 83.6 Å². The maximum Gasteiger partial charge on any atom is 0.315 e. The van der Waals surface area contributed by atoms with E-state index in [2.05, 4.69) is 60.5 Å². The molecule has 0 unspecified atom stereocenters. The number of imidazole rings is 1. The number of anilines is 2. The van der Waals surface area contributed by atoms with Crippen molar-refractivity contribution in [3.05, 3.63) is 125 Å². The van der Waals surface area contributed by atoms with Crippen molar-refractivity contribution in [1.29, 1.82) is 0 Å². The van der Waals surface area contributed by atoms with Crippen LogP contribution in [0.2, 0.25) is 0 Å². The summed E-state index contributed by atoms with van der Waals surface area (Å²) in [5, 5.41) is 47.9. The van der Waals surface area contributed by atoms with Crippen LogP contribution in [-0.2, 0) is 13.0 Å². The van der Waals surface area contributed by atoms with Gasteiger partial charge < -0.3 is 35.6 Å². The number of nitrogens with zero attached hydrogens (tertiary/aromatic N) is 10. The Morgan fingerprint density at radius 3 is 2.32 bits per heavy atom. The average molecular weight is 848 g/mol. The number of carbonyl (C=O) groups excluding carboxylic acids is 1. The first kappa shape index (κ1) is 40.8. The lowest BCUT2D eigenvalue weighted by atomic mass is 9.91. The highest BCUT2D eigenvalue weighted by atomic mass is 35.5. The van der Waals surface area contributed by atoms with Crippen LogP contribution >= 0.6 is 23.7 Å². The van der Waals surface area contributed by atoms with Crippen molar-refractivity contribution < 1.29 is 15.0 Å². The molecule has 2 aliphatic rings. The summed E-state index contributed by atoms with van der Waals surface area (Å²) in [4.78, 5) is 36.1. The number of hydrogen-bond acceptors (Lipinski definition) is 13. The second-order valence-electron chi connectivity index (χ2n) is 15.0. The first-order valence-electron chi connectivity index (χ1n) is 19.9. The van der Waals surface area contributed by atoms with Gasteiger partial charge in [-0.25, -0.2) is 14.8 Å². The Hall–Kier alpha value is -6.01. The van der Waals surface area contributed by atoms with Crippen molar-refractivity contribution in [2.75, 3.05) is 29.9 Å². The lowest BCUT2D eigenvalue weighted by Crippen LogP contribution is -2.43. The Morgan fingerprint density at radius 1 is 0.917 bits per heavy atom. The summed E-state index contributed by atoms with van der Waals surface area (Å²) in [6.07, 6.45) is 1.00. The van der Waals surface area contributed by atoms with Crippen LogP contribution in [0.5, 0.6) is 0 Å². The number of rotatable bonds is 13. The average Bonchev–Trinajstić information content (AvgIpc) is 4.14. The number of aryl methyl sites for hydroxylation is 1. The highest BCUT2D eigenvalue weighted by Gasteiger charge is 2.45. The fourth-order valence-electron chi connectivity index (χ4n) is 8.01. The minimum Gasteiger partial charge on any atom is -0.388 e. The molecule has 16 nitrogen and oxygen atoms in total. The molecule has 1 aliphatic carbocycles. The van der Waals surface area contributed by atoms with Gasteiger partial charge in [0.15, 0.2) is 22.8 Å². The Bertz CT molecular complexity index is 2460. The number of nitrogens with one attached hydrogen (secondary N) is 3. The first-order valence-corrected chi connectivity index (χ1v) is 20.8. The van der Waals surface area contributed by atoms with Gasteiger partial charge in [-0.2, -0.15) is 14.8 Å². The molecule has 9 rings (SSSR count). The molecule has 5 N–H and O–H groups in total.